The zero-order chi connectivity index (χ0) is 17.6. The van der Waals surface area contributed by atoms with Gasteiger partial charge in [0.1, 0.15) is 0 Å². The monoisotopic (exact) mass is 376 g/mol. The summed E-state index contributed by atoms with van der Waals surface area (Å²) < 4.78 is 10.7. The summed E-state index contributed by atoms with van der Waals surface area (Å²) in [7, 11) is 3.33. The van der Waals surface area contributed by atoms with E-state index >= 15 is 0 Å². The summed E-state index contributed by atoms with van der Waals surface area (Å²) in [5.74, 6) is 2.11. The molecule has 1 aliphatic heterocycles. The molecule has 1 unspecified atom stereocenters. The van der Waals surface area contributed by atoms with Crippen molar-refractivity contribution in [3.63, 3.8) is 0 Å². The van der Waals surface area contributed by atoms with Crippen LogP contribution in [0.2, 0.25) is 0 Å². The van der Waals surface area contributed by atoms with Gasteiger partial charge in [0, 0.05) is 18.8 Å². The van der Waals surface area contributed by atoms with Crippen molar-refractivity contribution in [2.24, 2.45) is 0 Å². The molecule has 0 aromatic heterocycles. The predicted octanol–water partition coefficient (Wildman–Crippen LogP) is 4.03. The lowest BCUT2D eigenvalue weighted by molar-refractivity contribution is 0.354. The van der Waals surface area contributed by atoms with E-state index in [0.29, 0.717) is 5.92 Å². The quantitative estimate of drug-likeness (QED) is 0.798. The molecule has 5 heteroatoms. The SMILES string of the molecule is COc1ccc(CCNc2ccc3c(c2)C(C)CNCC3)cc1OC.Cl. The number of hydrogen-bond acceptors (Lipinski definition) is 4. The molecule has 142 valence electrons. The van der Waals surface area contributed by atoms with E-state index in [0.717, 1.165) is 44.0 Å². The highest BCUT2D eigenvalue weighted by molar-refractivity contribution is 5.85. The van der Waals surface area contributed by atoms with Crippen molar-refractivity contribution in [3.8, 4) is 11.5 Å². The summed E-state index contributed by atoms with van der Waals surface area (Å²) in [6.45, 7) is 5.32. The number of benzene rings is 2. The standard InChI is InChI=1S/C21H28N2O2.ClH/c1-15-14-22-10-9-17-5-6-18(13-19(15)17)23-11-8-16-4-7-20(24-2)21(12-16)25-3;/h4-7,12-13,15,22-23H,8-11,14H2,1-3H3;1H. The molecule has 3 rings (SSSR count). The van der Waals surface area contributed by atoms with Crippen LogP contribution in [0.4, 0.5) is 5.69 Å². The van der Waals surface area contributed by atoms with Crippen molar-refractivity contribution >= 4 is 18.1 Å². The lowest BCUT2D eigenvalue weighted by atomic mass is 9.95. The van der Waals surface area contributed by atoms with Crippen molar-refractivity contribution in [1.82, 2.24) is 5.32 Å². The van der Waals surface area contributed by atoms with E-state index in [9.17, 15) is 0 Å². The molecule has 1 atom stereocenters. The molecule has 0 amide bonds. The van der Waals surface area contributed by atoms with E-state index in [1.54, 1.807) is 14.2 Å². The molecule has 0 saturated carbocycles. The van der Waals surface area contributed by atoms with Gasteiger partial charge in [-0.25, -0.2) is 0 Å². The summed E-state index contributed by atoms with van der Waals surface area (Å²) in [4.78, 5) is 0. The fourth-order valence-electron chi connectivity index (χ4n) is 3.43. The van der Waals surface area contributed by atoms with Crippen LogP contribution in [0.1, 0.15) is 29.5 Å². The van der Waals surface area contributed by atoms with E-state index in [-0.39, 0.29) is 12.4 Å². The number of nitrogens with one attached hydrogen (secondary N) is 2. The Morgan fingerprint density at radius 1 is 1.08 bits per heavy atom. The first-order valence-electron chi connectivity index (χ1n) is 8.99. The van der Waals surface area contributed by atoms with Gasteiger partial charge in [0.2, 0.25) is 0 Å². The third kappa shape index (κ3) is 4.83. The predicted molar refractivity (Wildman–Crippen MR) is 110 cm³/mol. The third-order valence-electron chi connectivity index (χ3n) is 4.89. The van der Waals surface area contributed by atoms with Gasteiger partial charge in [0.05, 0.1) is 14.2 Å². The first-order valence-corrected chi connectivity index (χ1v) is 8.99. The Balaban J connectivity index is 0.00000243. The van der Waals surface area contributed by atoms with E-state index in [2.05, 4.69) is 41.8 Å². The average Bonchev–Trinajstić information content (AvgIpc) is 2.83. The fourth-order valence-corrected chi connectivity index (χ4v) is 3.43. The van der Waals surface area contributed by atoms with Crippen LogP contribution in [0.25, 0.3) is 0 Å². The first kappa shape index (κ1) is 20.4. The Morgan fingerprint density at radius 3 is 2.65 bits per heavy atom. The molecular formula is C21H29ClN2O2. The van der Waals surface area contributed by atoms with Gasteiger partial charge >= 0.3 is 0 Å². The van der Waals surface area contributed by atoms with Gasteiger partial charge in [0.15, 0.2) is 11.5 Å². The van der Waals surface area contributed by atoms with Gasteiger partial charge in [0.25, 0.3) is 0 Å². The molecule has 0 bridgehead atoms. The largest absolute Gasteiger partial charge is 0.493 e. The van der Waals surface area contributed by atoms with Crippen LogP contribution >= 0.6 is 12.4 Å². The van der Waals surface area contributed by atoms with Crippen LogP contribution in [0.3, 0.4) is 0 Å². The van der Waals surface area contributed by atoms with Gasteiger partial charge in [-0.1, -0.05) is 19.1 Å². The number of methoxy groups -OCH3 is 2. The summed E-state index contributed by atoms with van der Waals surface area (Å²) in [5, 5.41) is 7.06. The van der Waals surface area contributed by atoms with Crippen LogP contribution in [0.5, 0.6) is 11.5 Å². The highest BCUT2D eigenvalue weighted by Crippen LogP contribution is 2.28. The minimum absolute atomic E-state index is 0. The molecule has 4 nitrogen and oxygen atoms in total. The smallest absolute Gasteiger partial charge is 0.160 e. The number of hydrogen-bond donors (Lipinski definition) is 2. The number of ether oxygens (including phenoxy) is 2. The Labute approximate surface area is 162 Å². The first-order chi connectivity index (χ1) is 12.2. The number of fused-ring (bicyclic) bond motifs is 1. The highest BCUT2D eigenvalue weighted by atomic mass is 35.5. The van der Waals surface area contributed by atoms with Crippen molar-refractivity contribution < 1.29 is 9.47 Å². The summed E-state index contributed by atoms with van der Waals surface area (Å²) in [6.07, 6.45) is 2.06. The van der Waals surface area contributed by atoms with Crippen LogP contribution in [-0.2, 0) is 12.8 Å². The summed E-state index contributed by atoms with van der Waals surface area (Å²) in [6, 6.07) is 12.9. The summed E-state index contributed by atoms with van der Waals surface area (Å²) >= 11 is 0. The van der Waals surface area contributed by atoms with E-state index in [1.807, 2.05) is 12.1 Å². The highest BCUT2D eigenvalue weighted by Gasteiger charge is 2.14. The number of anilines is 1. The topological polar surface area (TPSA) is 42.5 Å². The van der Waals surface area contributed by atoms with Crippen molar-refractivity contribution in [2.45, 2.75) is 25.7 Å². The molecule has 0 spiro atoms. The van der Waals surface area contributed by atoms with Crippen LogP contribution in [0, 0.1) is 0 Å². The van der Waals surface area contributed by atoms with Crippen molar-refractivity contribution in [3.05, 3.63) is 53.1 Å². The number of rotatable bonds is 6. The van der Waals surface area contributed by atoms with Gasteiger partial charge < -0.3 is 20.1 Å². The van der Waals surface area contributed by atoms with Crippen molar-refractivity contribution in [1.29, 1.82) is 0 Å². The minimum Gasteiger partial charge on any atom is -0.493 e. The molecular weight excluding hydrogens is 348 g/mol. The average molecular weight is 377 g/mol. The second-order valence-electron chi connectivity index (χ2n) is 6.63. The second-order valence-corrected chi connectivity index (χ2v) is 6.63. The zero-order valence-corrected chi connectivity index (χ0v) is 16.6. The lowest BCUT2D eigenvalue weighted by Gasteiger charge is -2.15. The molecule has 0 radical (unpaired) electrons. The Morgan fingerprint density at radius 2 is 1.88 bits per heavy atom. The molecule has 0 fully saturated rings. The molecule has 0 aliphatic carbocycles. The molecule has 0 saturated heterocycles. The lowest BCUT2D eigenvalue weighted by Crippen LogP contribution is -2.18. The normalized spacial score (nSPS) is 16.0. The Hall–Kier alpha value is -1.91. The molecule has 1 heterocycles. The number of halogens is 1. The molecule has 26 heavy (non-hydrogen) atoms. The second kappa shape index (κ2) is 9.70. The van der Waals surface area contributed by atoms with Crippen molar-refractivity contribution in [2.75, 3.05) is 39.2 Å². The molecule has 1 aliphatic rings. The third-order valence-corrected chi connectivity index (χ3v) is 4.89. The van der Waals surface area contributed by atoms with Crippen LogP contribution < -0.4 is 20.1 Å². The van der Waals surface area contributed by atoms with E-state index < -0.39 is 0 Å². The maximum Gasteiger partial charge on any atom is 0.160 e. The van der Waals surface area contributed by atoms with Gasteiger partial charge in [-0.2, -0.15) is 0 Å². The maximum atomic E-state index is 5.38. The Bertz CT molecular complexity index is 721. The van der Waals surface area contributed by atoms with Gasteiger partial charge in [-0.3, -0.25) is 0 Å². The van der Waals surface area contributed by atoms with E-state index in [1.165, 1.54) is 22.4 Å². The molecule has 2 aromatic rings. The van der Waals surface area contributed by atoms with Crippen LogP contribution in [0.15, 0.2) is 36.4 Å². The molecule has 2 aromatic carbocycles. The minimum atomic E-state index is 0. The fraction of sp³-hybridized carbons (Fsp3) is 0.429. The maximum absolute atomic E-state index is 5.38. The molecule has 2 N–H and O–H groups in total. The summed E-state index contributed by atoms with van der Waals surface area (Å²) in [5.41, 5.74) is 5.38. The van der Waals surface area contributed by atoms with Gasteiger partial charge in [-0.15, -0.1) is 12.4 Å². The Kier molecular flexibility index (Phi) is 7.61. The van der Waals surface area contributed by atoms with Gasteiger partial charge in [-0.05, 0) is 66.3 Å². The zero-order valence-electron chi connectivity index (χ0n) is 15.8. The van der Waals surface area contributed by atoms with E-state index in [4.69, 9.17) is 9.47 Å². The van der Waals surface area contributed by atoms with Crippen LogP contribution in [-0.4, -0.2) is 33.9 Å².